The van der Waals surface area contributed by atoms with Crippen molar-refractivity contribution in [3.8, 4) is 22.8 Å². The summed E-state index contributed by atoms with van der Waals surface area (Å²) in [6.07, 6.45) is 0. The number of nitrogens with zero attached hydrogens (tertiary/aromatic N) is 1. The van der Waals surface area contributed by atoms with Crippen molar-refractivity contribution in [1.82, 2.24) is 5.16 Å². The maximum absolute atomic E-state index is 10.8. The molecule has 110 valence electrons. The highest BCUT2D eigenvalue weighted by molar-refractivity contribution is 5.86. The maximum atomic E-state index is 10.8. The Labute approximate surface area is 126 Å². The first-order valence-electron chi connectivity index (χ1n) is 6.67. The quantitative estimate of drug-likeness (QED) is 0.783. The van der Waals surface area contributed by atoms with Crippen LogP contribution in [0.25, 0.3) is 11.3 Å². The number of carbonyl (C=O) groups is 1. The summed E-state index contributed by atoms with van der Waals surface area (Å²) in [6, 6.07) is 16.3. The monoisotopic (exact) mass is 295 g/mol. The summed E-state index contributed by atoms with van der Waals surface area (Å²) in [5, 5.41) is 12.3. The number of ether oxygens (including phenoxy) is 1. The molecule has 0 aliphatic heterocycles. The molecule has 0 aliphatic rings. The molecule has 22 heavy (non-hydrogen) atoms. The van der Waals surface area contributed by atoms with Gasteiger partial charge in [-0.2, -0.15) is 0 Å². The molecule has 0 amide bonds. The zero-order chi connectivity index (χ0) is 15.5. The van der Waals surface area contributed by atoms with Gasteiger partial charge < -0.3 is 14.4 Å². The van der Waals surface area contributed by atoms with Crippen LogP contribution < -0.4 is 4.74 Å². The predicted molar refractivity (Wildman–Crippen MR) is 80.2 cm³/mol. The Hall–Kier alpha value is -3.08. The van der Waals surface area contributed by atoms with Gasteiger partial charge >= 0.3 is 5.97 Å². The van der Waals surface area contributed by atoms with Gasteiger partial charge in [0.15, 0.2) is 11.5 Å². The van der Waals surface area contributed by atoms with E-state index >= 15 is 0 Å². The van der Waals surface area contributed by atoms with Crippen molar-refractivity contribution < 1.29 is 19.2 Å². The van der Waals surface area contributed by atoms with Gasteiger partial charge in [0.2, 0.25) is 0 Å². The van der Waals surface area contributed by atoms with Crippen LogP contribution in [0.15, 0.2) is 59.1 Å². The number of rotatable bonds is 4. The molecule has 3 rings (SSSR count). The number of carboxylic acids is 1. The van der Waals surface area contributed by atoms with Crippen molar-refractivity contribution in [3.63, 3.8) is 0 Å². The molecule has 0 bridgehead atoms. The van der Waals surface area contributed by atoms with Crippen LogP contribution >= 0.6 is 0 Å². The first kappa shape index (κ1) is 13.9. The molecule has 0 atom stereocenters. The molecule has 0 saturated heterocycles. The molecule has 1 aromatic heterocycles. The second-order valence-electron chi connectivity index (χ2n) is 4.82. The van der Waals surface area contributed by atoms with E-state index in [0.717, 1.165) is 11.3 Å². The lowest BCUT2D eigenvalue weighted by molar-refractivity contribution is 0.0686. The van der Waals surface area contributed by atoms with Crippen LogP contribution in [0.4, 0.5) is 0 Å². The van der Waals surface area contributed by atoms with Gasteiger partial charge in [-0.3, -0.25) is 0 Å². The number of hydrogen-bond donors (Lipinski definition) is 1. The van der Waals surface area contributed by atoms with E-state index in [1.807, 2.05) is 31.2 Å². The second-order valence-corrected chi connectivity index (χ2v) is 4.82. The number of hydrogen-bond acceptors (Lipinski definition) is 4. The summed E-state index contributed by atoms with van der Waals surface area (Å²) in [6.45, 7) is 2.02. The van der Waals surface area contributed by atoms with Crippen LogP contribution in [0, 0.1) is 6.92 Å². The second kappa shape index (κ2) is 5.73. The normalized spacial score (nSPS) is 10.4. The lowest BCUT2D eigenvalue weighted by Crippen LogP contribution is -1.94. The van der Waals surface area contributed by atoms with Gasteiger partial charge in [-0.05, 0) is 43.3 Å². The molecule has 0 fully saturated rings. The van der Waals surface area contributed by atoms with E-state index in [1.165, 1.54) is 11.6 Å². The molecule has 1 heterocycles. The van der Waals surface area contributed by atoms with Crippen LogP contribution in [0.2, 0.25) is 0 Å². The van der Waals surface area contributed by atoms with Crippen molar-refractivity contribution >= 4 is 5.97 Å². The highest BCUT2D eigenvalue weighted by Crippen LogP contribution is 2.26. The van der Waals surface area contributed by atoms with Crippen molar-refractivity contribution in [1.29, 1.82) is 0 Å². The fourth-order valence-electron chi connectivity index (χ4n) is 1.94. The first-order valence-corrected chi connectivity index (χ1v) is 6.67. The van der Waals surface area contributed by atoms with Gasteiger partial charge in [-0.25, -0.2) is 4.79 Å². The van der Waals surface area contributed by atoms with E-state index in [2.05, 4.69) is 5.16 Å². The van der Waals surface area contributed by atoms with E-state index < -0.39 is 5.97 Å². The van der Waals surface area contributed by atoms with E-state index in [-0.39, 0.29) is 5.69 Å². The highest BCUT2D eigenvalue weighted by Gasteiger charge is 2.12. The summed E-state index contributed by atoms with van der Waals surface area (Å²) in [7, 11) is 0. The van der Waals surface area contributed by atoms with Crippen LogP contribution in [-0.2, 0) is 0 Å². The number of aromatic nitrogens is 1. The third kappa shape index (κ3) is 2.98. The number of aryl methyl sites for hydroxylation is 1. The summed E-state index contributed by atoms with van der Waals surface area (Å²) < 4.78 is 10.7. The Morgan fingerprint density at radius 3 is 2.18 bits per heavy atom. The Bertz CT molecular complexity index is 788. The minimum atomic E-state index is -1.12. The average Bonchev–Trinajstić information content (AvgIpc) is 3.00. The van der Waals surface area contributed by atoms with E-state index in [0.29, 0.717) is 11.5 Å². The molecule has 2 aromatic carbocycles. The van der Waals surface area contributed by atoms with E-state index in [4.69, 9.17) is 14.4 Å². The SMILES string of the molecule is Cc1ccc(Oc2ccc(-c3cc(C(=O)O)no3)cc2)cc1. The van der Waals surface area contributed by atoms with Gasteiger partial charge in [0.05, 0.1) is 0 Å². The zero-order valence-electron chi connectivity index (χ0n) is 11.8. The molecule has 0 spiro atoms. The predicted octanol–water partition coefficient (Wildman–Crippen LogP) is 4.14. The minimum Gasteiger partial charge on any atom is -0.476 e. The van der Waals surface area contributed by atoms with E-state index in [9.17, 15) is 4.79 Å². The summed E-state index contributed by atoms with van der Waals surface area (Å²) >= 11 is 0. The van der Waals surface area contributed by atoms with Gasteiger partial charge in [0.1, 0.15) is 11.5 Å². The van der Waals surface area contributed by atoms with Crippen LogP contribution in [-0.4, -0.2) is 16.2 Å². The maximum Gasteiger partial charge on any atom is 0.358 e. The van der Waals surface area contributed by atoms with Gasteiger partial charge in [0.25, 0.3) is 0 Å². The van der Waals surface area contributed by atoms with Crippen molar-refractivity contribution in [3.05, 3.63) is 65.9 Å². The summed E-state index contributed by atoms with van der Waals surface area (Å²) in [5.41, 5.74) is 1.79. The average molecular weight is 295 g/mol. The first-order chi connectivity index (χ1) is 10.6. The Morgan fingerprint density at radius 1 is 1.05 bits per heavy atom. The fourth-order valence-corrected chi connectivity index (χ4v) is 1.94. The molecule has 0 saturated carbocycles. The number of aromatic carboxylic acids is 1. The molecule has 5 nitrogen and oxygen atoms in total. The topological polar surface area (TPSA) is 72.6 Å². The van der Waals surface area contributed by atoms with E-state index in [1.54, 1.807) is 24.3 Å². The fraction of sp³-hybridized carbons (Fsp3) is 0.0588. The van der Waals surface area contributed by atoms with Gasteiger partial charge in [0, 0.05) is 11.6 Å². The van der Waals surface area contributed by atoms with Crippen LogP contribution in [0.3, 0.4) is 0 Å². The Kier molecular flexibility index (Phi) is 3.62. The zero-order valence-corrected chi connectivity index (χ0v) is 11.8. The number of carboxylic acid groups (broad SMARTS) is 1. The smallest absolute Gasteiger partial charge is 0.358 e. The molecule has 0 unspecified atom stereocenters. The standard InChI is InChI=1S/C17H13NO4/c1-11-2-6-13(7-3-11)21-14-8-4-12(5-9-14)16-10-15(17(19)20)18-22-16/h2-10H,1H3,(H,19,20). The highest BCUT2D eigenvalue weighted by atomic mass is 16.5. The largest absolute Gasteiger partial charge is 0.476 e. The lowest BCUT2D eigenvalue weighted by atomic mass is 10.1. The molecule has 0 radical (unpaired) electrons. The third-order valence-electron chi connectivity index (χ3n) is 3.12. The summed E-state index contributed by atoms with van der Waals surface area (Å²) in [4.78, 5) is 10.8. The third-order valence-corrected chi connectivity index (χ3v) is 3.12. The molecule has 3 aromatic rings. The number of benzene rings is 2. The van der Waals surface area contributed by atoms with Crippen LogP contribution in [0.5, 0.6) is 11.5 Å². The van der Waals surface area contributed by atoms with Crippen LogP contribution in [0.1, 0.15) is 16.1 Å². The lowest BCUT2D eigenvalue weighted by Gasteiger charge is -2.06. The Morgan fingerprint density at radius 2 is 1.64 bits per heavy atom. The molecular weight excluding hydrogens is 282 g/mol. The summed E-state index contributed by atoms with van der Waals surface area (Å²) in [5.74, 6) is 0.727. The molecule has 0 aliphatic carbocycles. The van der Waals surface area contributed by atoms with Crippen molar-refractivity contribution in [2.24, 2.45) is 0 Å². The van der Waals surface area contributed by atoms with Gasteiger partial charge in [-0.15, -0.1) is 0 Å². The molecule has 5 heteroatoms. The molecule has 1 N–H and O–H groups in total. The van der Waals surface area contributed by atoms with Crippen molar-refractivity contribution in [2.45, 2.75) is 6.92 Å². The Balaban J connectivity index is 1.77. The van der Waals surface area contributed by atoms with Gasteiger partial charge in [-0.1, -0.05) is 22.9 Å². The van der Waals surface area contributed by atoms with Crippen molar-refractivity contribution in [2.75, 3.05) is 0 Å². The molecular formula is C17H13NO4. The minimum absolute atomic E-state index is 0.116.